The molecule has 0 radical (unpaired) electrons. The summed E-state index contributed by atoms with van der Waals surface area (Å²) in [5, 5.41) is 18.8. The molecular weight excluding hydrogens is 223 g/mol. The van der Waals surface area contributed by atoms with Crippen molar-refractivity contribution in [2.45, 2.75) is 39.0 Å². The Morgan fingerprint density at radius 3 is 2.33 bits per heavy atom. The van der Waals surface area contributed by atoms with Crippen LogP contribution in [0.3, 0.4) is 0 Å². The first-order valence-corrected chi connectivity index (χ1v) is 4.70. The molecule has 15 heavy (non-hydrogen) atoms. The number of carboxylic acid groups (broad SMARTS) is 2. The molecule has 0 spiro atoms. The summed E-state index contributed by atoms with van der Waals surface area (Å²) in [5.41, 5.74) is -0.0823. The van der Waals surface area contributed by atoms with E-state index >= 15 is 0 Å². The van der Waals surface area contributed by atoms with Crippen LogP contribution < -0.4 is 56.5 Å². The number of carbonyl (C=O) groups excluding carboxylic acids is 1. The summed E-state index contributed by atoms with van der Waals surface area (Å²) in [5.74, 6) is -2.53. The molecule has 0 unspecified atom stereocenters. The van der Waals surface area contributed by atoms with Gasteiger partial charge in [-0.1, -0.05) is 25.8 Å². The minimum atomic E-state index is -1.35. The molecule has 0 amide bonds. The van der Waals surface area contributed by atoms with E-state index in [-0.39, 0.29) is 57.0 Å². The summed E-state index contributed by atoms with van der Waals surface area (Å²) in [6, 6.07) is 0. The van der Waals surface area contributed by atoms with Gasteiger partial charge in [0, 0.05) is 18.0 Å². The van der Waals surface area contributed by atoms with E-state index in [0.29, 0.717) is 6.42 Å². The number of hydrogen-bond donors (Lipinski definition) is 1. The van der Waals surface area contributed by atoms with E-state index in [1.807, 2.05) is 6.92 Å². The summed E-state index contributed by atoms with van der Waals surface area (Å²) in [6.45, 7) is 2.04. The van der Waals surface area contributed by atoms with Crippen molar-refractivity contribution >= 4 is 11.9 Å². The van der Waals surface area contributed by atoms with Crippen LogP contribution in [0.15, 0.2) is 11.6 Å². The summed E-state index contributed by atoms with van der Waals surface area (Å²) >= 11 is 0. The fraction of sp³-hybridized carbons (Fsp3) is 0.600. The third-order valence-electron chi connectivity index (χ3n) is 1.81. The Morgan fingerprint density at radius 1 is 1.33 bits per heavy atom. The molecule has 0 aromatic rings. The van der Waals surface area contributed by atoms with Gasteiger partial charge >= 0.3 is 57.4 Å². The first-order valence-electron chi connectivity index (χ1n) is 4.70. The van der Waals surface area contributed by atoms with Crippen LogP contribution in [0.5, 0.6) is 0 Å². The zero-order valence-corrected chi connectivity index (χ0v) is 12.4. The Balaban J connectivity index is 0. The average Bonchev–Trinajstić information content (AvgIpc) is 2.09. The molecule has 5 heteroatoms. The second-order valence-electron chi connectivity index (χ2n) is 3.08. The van der Waals surface area contributed by atoms with E-state index in [2.05, 4.69) is 0 Å². The molecule has 0 aromatic carbocycles. The predicted octanol–water partition coefficient (Wildman–Crippen LogP) is -2.28. The molecule has 0 atom stereocenters. The van der Waals surface area contributed by atoms with Gasteiger partial charge < -0.3 is 15.0 Å². The molecule has 0 aliphatic rings. The van der Waals surface area contributed by atoms with Gasteiger partial charge in [-0.2, -0.15) is 0 Å². The molecule has 4 nitrogen and oxygen atoms in total. The maximum atomic E-state index is 10.5. The van der Waals surface area contributed by atoms with Crippen molar-refractivity contribution in [3.63, 3.8) is 0 Å². The first-order chi connectivity index (χ1) is 6.57. The second kappa shape index (κ2) is 10.8. The molecule has 0 saturated heterocycles. The standard InChI is InChI=1S/C10H16O4.K/c1-2-3-4-5-6-8(10(13)14)7-9(11)12;/h6H,2-5,7H2,1H3,(H,11,12)(H,13,14);/q;+1/p-1/b8-6-;. The average molecular weight is 238 g/mol. The van der Waals surface area contributed by atoms with Gasteiger partial charge in [0.15, 0.2) is 0 Å². The van der Waals surface area contributed by atoms with Crippen LogP contribution in [0, 0.1) is 0 Å². The monoisotopic (exact) mass is 238 g/mol. The van der Waals surface area contributed by atoms with E-state index in [1.54, 1.807) is 0 Å². The van der Waals surface area contributed by atoms with Crippen LogP contribution >= 0.6 is 0 Å². The number of rotatable bonds is 7. The van der Waals surface area contributed by atoms with Crippen molar-refractivity contribution in [2.24, 2.45) is 0 Å². The normalized spacial score (nSPS) is 10.6. The van der Waals surface area contributed by atoms with E-state index in [9.17, 15) is 14.7 Å². The van der Waals surface area contributed by atoms with Crippen LogP contribution in [-0.2, 0) is 9.59 Å². The second-order valence-corrected chi connectivity index (χ2v) is 3.08. The quantitative estimate of drug-likeness (QED) is 0.308. The number of hydrogen-bond acceptors (Lipinski definition) is 3. The number of allylic oxidation sites excluding steroid dienone is 1. The van der Waals surface area contributed by atoms with Crippen LogP contribution in [0.2, 0.25) is 0 Å². The van der Waals surface area contributed by atoms with Gasteiger partial charge in [0.25, 0.3) is 0 Å². The van der Waals surface area contributed by atoms with Crippen LogP contribution in [0.4, 0.5) is 0 Å². The summed E-state index contributed by atoms with van der Waals surface area (Å²) in [7, 11) is 0. The van der Waals surface area contributed by atoms with Crippen molar-refractivity contribution in [3.8, 4) is 0 Å². The zero-order chi connectivity index (χ0) is 11.0. The molecule has 0 rings (SSSR count). The van der Waals surface area contributed by atoms with Gasteiger partial charge in [-0.05, 0) is 12.8 Å². The van der Waals surface area contributed by atoms with Crippen molar-refractivity contribution in [3.05, 3.63) is 11.6 Å². The molecule has 0 heterocycles. The van der Waals surface area contributed by atoms with Crippen molar-refractivity contribution in [1.82, 2.24) is 0 Å². The third kappa shape index (κ3) is 10.6. The van der Waals surface area contributed by atoms with Crippen molar-refractivity contribution in [2.75, 3.05) is 0 Å². The smallest absolute Gasteiger partial charge is 0.550 e. The first kappa shape index (κ1) is 17.7. The van der Waals surface area contributed by atoms with Gasteiger partial charge in [0.2, 0.25) is 0 Å². The minimum absolute atomic E-state index is 0. The largest absolute Gasteiger partial charge is 1.00 e. The summed E-state index contributed by atoms with van der Waals surface area (Å²) in [6.07, 6.45) is 4.53. The Morgan fingerprint density at radius 2 is 1.93 bits per heavy atom. The molecule has 80 valence electrons. The maximum absolute atomic E-state index is 10.5. The predicted molar refractivity (Wildman–Crippen MR) is 49.5 cm³/mol. The van der Waals surface area contributed by atoms with Crippen LogP contribution in [0.25, 0.3) is 0 Å². The van der Waals surface area contributed by atoms with E-state index < -0.39 is 18.4 Å². The molecule has 1 N–H and O–H groups in total. The summed E-state index contributed by atoms with van der Waals surface area (Å²) < 4.78 is 0. The topological polar surface area (TPSA) is 77.4 Å². The van der Waals surface area contributed by atoms with E-state index in [0.717, 1.165) is 19.3 Å². The van der Waals surface area contributed by atoms with E-state index in [4.69, 9.17) is 5.11 Å². The van der Waals surface area contributed by atoms with Crippen molar-refractivity contribution in [1.29, 1.82) is 0 Å². The fourth-order valence-corrected chi connectivity index (χ4v) is 1.06. The van der Waals surface area contributed by atoms with Crippen LogP contribution in [-0.4, -0.2) is 17.0 Å². The van der Waals surface area contributed by atoms with E-state index in [1.165, 1.54) is 6.08 Å². The zero-order valence-electron chi connectivity index (χ0n) is 9.28. The number of carbonyl (C=O) groups is 2. The molecule has 0 bridgehead atoms. The Hall–Kier alpha value is 0.316. The minimum Gasteiger partial charge on any atom is -0.550 e. The Kier molecular flexibility index (Phi) is 12.8. The maximum Gasteiger partial charge on any atom is 1.00 e. The number of unbranched alkanes of at least 4 members (excludes halogenated alkanes) is 3. The molecule has 0 aromatic heterocycles. The van der Waals surface area contributed by atoms with Gasteiger partial charge in [0.05, 0.1) is 0 Å². The molecule has 0 fully saturated rings. The van der Waals surface area contributed by atoms with Gasteiger partial charge in [-0.15, -0.1) is 0 Å². The molecule has 0 saturated carbocycles. The Bertz CT molecular complexity index is 236. The Labute approximate surface area is 132 Å². The van der Waals surface area contributed by atoms with Crippen molar-refractivity contribution < 1.29 is 71.2 Å². The van der Waals surface area contributed by atoms with Gasteiger partial charge in [-0.25, -0.2) is 4.79 Å². The van der Waals surface area contributed by atoms with Crippen LogP contribution in [0.1, 0.15) is 39.0 Å². The third-order valence-corrected chi connectivity index (χ3v) is 1.81. The molecule has 0 aliphatic heterocycles. The number of carboxylic acids is 2. The summed E-state index contributed by atoms with van der Waals surface area (Å²) in [4.78, 5) is 20.7. The fourth-order valence-electron chi connectivity index (χ4n) is 1.06. The molecule has 0 aliphatic carbocycles. The van der Waals surface area contributed by atoms with Gasteiger partial charge in [0.1, 0.15) is 0 Å². The SMILES string of the molecule is CCCCC/C=C(/CC(=O)[O-])C(=O)O.[K+]. The number of aliphatic carboxylic acids is 2. The van der Waals surface area contributed by atoms with Gasteiger partial charge in [-0.3, -0.25) is 0 Å². The molecular formula is C10H15KO4.